The summed E-state index contributed by atoms with van der Waals surface area (Å²) in [5.74, 6) is -0.423. The number of benzene rings is 2. The highest BCUT2D eigenvalue weighted by Crippen LogP contribution is 2.25. The predicted octanol–water partition coefficient (Wildman–Crippen LogP) is 4.65. The Labute approximate surface area is 170 Å². The van der Waals surface area contributed by atoms with Crippen LogP contribution in [0.4, 0.5) is 14.5 Å². The van der Waals surface area contributed by atoms with Crippen molar-refractivity contribution in [3.05, 3.63) is 59.7 Å². The summed E-state index contributed by atoms with van der Waals surface area (Å²) in [5, 5.41) is 2.40. The summed E-state index contributed by atoms with van der Waals surface area (Å²) in [6.07, 6.45) is 4.17. The van der Waals surface area contributed by atoms with Crippen LogP contribution in [0.1, 0.15) is 31.7 Å². The number of carbonyl (C=O) groups is 1. The second-order valence-electron chi connectivity index (χ2n) is 7.63. The number of likely N-dealkylation sites (tertiary alicyclic amines) is 1. The van der Waals surface area contributed by atoms with Crippen LogP contribution in [0.5, 0.6) is 5.75 Å². The van der Waals surface area contributed by atoms with Crippen LogP contribution in [0.15, 0.2) is 42.5 Å². The molecule has 0 bridgehead atoms. The van der Waals surface area contributed by atoms with Crippen LogP contribution in [0.2, 0.25) is 0 Å². The maximum absolute atomic E-state index is 13.8. The van der Waals surface area contributed by atoms with E-state index in [0.717, 1.165) is 56.7 Å². The number of hydrogen-bond donors (Lipinski definition) is 1. The van der Waals surface area contributed by atoms with E-state index in [9.17, 15) is 13.6 Å². The van der Waals surface area contributed by atoms with E-state index in [1.807, 2.05) is 12.1 Å². The monoisotopic (exact) mass is 402 g/mol. The first-order valence-corrected chi connectivity index (χ1v) is 10.1. The average Bonchev–Trinajstić information content (AvgIpc) is 2.75. The zero-order valence-corrected chi connectivity index (χ0v) is 17.0. The Bertz CT molecular complexity index is 798. The van der Waals surface area contributed by atoms with Crippen molar-refractivity contribution in [3.63, 3.8) is 0 Å². The quantitative estimate of drug-likeness (QED) is 0.733. The molecule has 1 atom stereocenters. The van der Waals surface area contributed by atoms with Gasteiger partial charge in [0.1, 0.15) is 23.1 Å². The standard InChI is InChI=1S/C23H28F2N2O2/c1-16(23(28)26-22-20(24)4-3-5-21(22)25)27-14-12-18(13-15-27)7-6-17-8-10-19(29-2)11-9-17/h3-5,8-11,16,18H,6-7,12-15H2,1-2H3,(H,26,28)/t16-/m0/s1. The van der Waals surface area contributed by atoms with Gasteiger partial charge in [0.05, 0.1) is 13.2 Å². The number of hydrogen-bond acceptors (Lipinski definition) is 3. The van der Waals surface area contributed by atoms with Crippen LogP contribution in [-0.4, -0.2) is 37.0 Å². The highest BCUT2D eigenvalue weighted by molar-refractivity contribution is 5.94. The SMILES string of the molecule is COc1ccc(CCC2CCN([C@@H](C)C(=O)Nc3c(F)cccc3F)CC2)cc1. The zero-order chi connectivity index (χ0) is 20.8. The molecule has 0 aliphatic carbocycles. The molecule has 1 heterocycles. The molecule has 6 heteroatoms. The molecular weight excluding hydrogens is 374 g/mol. The lowest BCUT2D eigenvalue weighted by molar-refractivity contribution is -0.121. The number of aryl methyl sites for hydroxylation is 1. The molecule has 29 heavy (non-hydrogen) atoms. The van der Waals surface area contributed by atoms with E-state index in [2.05, 4.69) is 22.3 Å². The molecule has 1 fully saturated rings. The van der Waals surface area contributed by atoms with Crippen molar-refractivity contribution in [3.8, 4) is 5.75 Å². The molecule has 1 aliphatic heterocycles. The molecule has 1 aliphatic rings. The lowest BCUT2D eigenvalue weighted by atomic mass is 9.90. The lowest BCUT2D eigenvalue weighted by Gasteiger charge is -2.35. The third-order valence-corrected chi connectivity index (χ3v) is 5.79. The van der Waals surface area contributed by atoms with E-state index in [1.54, 1.807) is 14.0 Å². The molecular formula is C23H28F2N2O2. The van der Waals surface area contributed by atoms with Gasteiger partial charge in [-0.25, -0.2) is 8.78 Å². The summed E-state index contributed by atoms with van der Waals surface area (Å²) in [4.78, 5) is 14.5. The fraction of sp³-hybridized carbons (Fsp3) is 0.435. The summed E-state index contributed by atoms with van der Waals surface area (Å²) >= 11 is 0. The van der Waals surface area contributed by atoms with Gasteiger partial charge in [-0.05, 0) is 81.4 Å². The summed E-state index contributed by atoms with van der Waals surface area (Å²) in [5.41, 5.74) is 0.923. The van der Waals surface area contributed by atoms with Gasteiger partial charge in [-0.3, -0.25) is 9.69 Å². The smallest absolute Gasteiger partial charge is 0.241 e. The molecule has 2 aromatic carbocycles. The zero-order valence-electron chi connectivity index (χ0n) is 17.0. The average molecular weight is 402 g/mol. The first-order chi connectivity index (χ1) is 14.0. The Hall–Kier alpha value is -2.47. The fourth-order valence-electron chi connectivity index (χ4n) is 3.80. The highest BCUT2D eigenvalue weighted by atomic mass is 19.1. The number of carbonyl (C=O) groups excluding carboxylic acids is 1. The summed E-state index contributed by atoms with van der Waals surface area (Å²) < 4.78 is 32.7. The second kappa shape index (κ2) is 9.83. The molecule has 1 amide bonds. The fourth-order valence-corrected chi connectivity index (χ4v) is 3.80. The summed E-state index contributed by atoms with van der Waals surface area (Å²) in [6.45, 7) is 3.40. The first kappa shape index (κ1) is 21.2. The minimum atomic E-state index is -0.761. The van der Waals surface area contributed by atoms with Gasteiger partial charge in [0.2, 0.25) is 5.91 Å². The Kier molecular flexibility index (Phi) is 7.20. The number of nitrogens with one attached hydrogen (secondary N) is 1. The number of amides is 1. The third kappa shape index (κ3) is 5.54. The van der Waals surface area contributed by atoms with Crippen molar-refractivity contribution < 1.29 is 18.3 Å². The van der Waals surface area contributed by atoms with Crippen molar-refractivity contribution in [1.29, 1.82) is 0 Å². The van der Waals surface area contributed by atoms with Crippen LogP contribution >= 0.6 is 0 Å². The Morgan fingerprint density at radius 1 is 1.14 bits per heavy atom. The van der Waals surface area contributed by atoms with E-state index >= 15 is 0 Å². The Balaban J connectivity index is 1.46. The van der Waals surface area contributed by atoms with Gasteiger partial charge in [0.25, 0.3) is 0 Å². The van der Waals surface area contributed by atoms with E-state index in [4.69, 9.17) is 4.74 Å². The Morgan fingerprint density at radius 2 is 1.76 bits per heavy atom. The van der Waals surface area contributed by atoms with Crippen molar-refractivity contribution in [2.24, 2.45) is 5.92 Å². The van der Waals surface area contributed by atoms with Crippen molar-refractivity contribution in [2.45, 2.75) is 38.6 Å². The molecule has 3 rings (SSSR count). The molecule has 1 saturated heterocycles. The van der Waals surface area contributed by atoms with Crippen molar-refractivity contribution in [1.82, 2.24) is 4.90 Å². The number of halogens is 2. The van der Waals surface area contributed by atoms with Crippen LogP contribution in [0, 0.1) is 17.6 Å². The largest absolute Gasteiger partial charge is 0.497 e. The number of anilines is 1. The predicted molar refractivity (Wildman–Crippen MR) is 110 cm³/mol. The third-order valence-electron chi connectivity index (χ3n) is 5.79. The molecule has 0 spiro atoms. The number of ether oxygens (including phenoxy) is 1. The molecule has 0 unspecified atom stereocenters. The normalized spacial score (nSPS) is 16.4. The summed E-state index contributed by atoms with van der Waals surface area (Å²) in [6, 6.07) is 11.3. The van der Waals surface area contributed by atoms with Gasteiger partial charge in [-0.1, -0.05) is 18.2 Å². The van der Waals surface area contributed by atoms with Crippen LogP contribution in [0.25, 0.3) is 0 Å². The van der Waals surface area contributed by atoms with Crippen molar-refractivity contribution >= 4 is 11.6 Å². The molecule has 156 valence electrons. The maximum Gasteiger partial charge on any atom is 0.241 e. The lowest BCUT2D eigenvalue weighted by Crippen LogP contribution is -2.46. The van der Waals surface area contributed by atoms with E-state index < -0.39 is 17.7 Å². The molecule has 1 N–H and O–H groups in total. The van der Waals surface area contributed by atoms with Crippen LogP contribution in [0.3, 0.4) is 0 Å². The van der Waals surface area contributed by atoms with Crippen LogP contribution in [-0.2, 0) is 11.2 Å². The van der Waals surface area contributed by atoms with Gasteiger partial charge < -0.3 is 10.1 Å². The van der Waals surface area contributed by atoms with Gasteiger partial charge >= 0.3 is 0 Å². The highest BCUT2D eigenvalue weighted by Gasteiger charge is 2.27. The second-order valence-corrected chi connectivity index (χ2v) is 7.63. The van der Waals surface area contributed by atoms with E-state index in [-0.39, 0.29) is 11.6 Å². The molecule has 2 aromatic rings. The minimum absolute atomic E-state index is 0.376. The number of methoxy groups -OCH3 is 1. The van der Waals surface area contributed by atoms with Crippen molar-refractivity contribution in [2.75, 3.05) is 25.5 Å². The van der Waals surface area contributed by atoms with E-state index in [0.29, 0.717) is 5.92 Å². The summed E-state index contributed by atoms with van der Waals surface area (Å²) in [7, 11) is 1.66. The maximum atomic E-state index is 13.8. The molecule has 0 aromatic heterocycles. The van der Waals surface area contributed by atoms with Gasteiger partial charge in [-0.15, -0.1) is 0 Å². The number of rotatable bonds is 7. The topological polar surface area (TPSA) is 41.6 Å². The minimum Gasteiger partial charge on any atom is -0.497 e. The number of para-hydroxylation sites is 1. The van der Waals surface area contributed by atoms with Crippen LogP contribution < -0.4 is 10.1 Å². The molecule has 0 radical (unpaired) electrons. The van der Waals surface area contributed by atoms with Gasteiger partial charge in [0.15, 0.2) is 0 Å². The molecule has 0 saturated carbocycles. The molecule has 4 nitrogen and oxygen atoms in total. The van der Waals surface area contributed by atoms with Gasteiger partial charge in [0, 0.05) is 0 Å². The number of piperidine rings is 1. The number of nitrogens with zero attached hydrogens (tertiary/aromatic N) is 1. The van der Waals surface area contributed by atoms with E-state index in [1.165, 1.54) is 11.6 Å². The van der Waals surface area contributed by atoms with Gasteiger partial charge in [-0.2, -0.15) is 0 Å². The first-order valence-electron chi connectivity index (χ1n) is 10.1. The Morgan fingerprint density at radius 3 is 2.34 bits per heavy atom.